The number of rotatable bonds is 6. The number of hydrogen-bond acceptors (Lipinski definition) is 4. The number of halogens is 1. The number of thiazole rings is 1. The van der Waals surface area contributed by atoms with E-state index in [9.17, 15) is 14.0 Å². The number of carbonyl (C=O) groups is 2. The van der Waals surface area contributed by atoms with E-state index in [-0.39, 0.29) is 17.6 Å². The molecule has 0 atom stereocenters. The van der Waals surface area contributed by atoms with Gasteiger partial charge in [-0.15, -0.1) is 11.3 Å². The van der Waals surface area contributed by atoms with E-state index in [0.29, 0.717) is 11.7 Å². The smallest absolute Gasteiger partial charge is 0.250 e. The minimum absolute atomic E-state index is 0.0718. The summed E-state index contributed by atoms with van der Waals surface area (Å²) in [5, 5.41) is 7.82. The van der Waals surface area contributed by atoms with Crippen LogP contribution in [0.2, 0.25) is 0 Å². The van der Waals surface area contributed by atoms with Gasteiger partial charge in [-0.25, -0.2) is 9.37 Å². The number of amides is 2. The minimum Gasteiger partial charge on any atom is -0.352 e. The van der Waals surface area contributed by atoms with Crippen molar-refractivity contribution in [1.29, 1.82) is 0 Å². The van der Waals surface area contributed by atoms with Crippen LogP contribution in [0.15, 0.2) is 60.0 Å². The molecule has 3 rings (SSSR count). The van der Waals surface area contributed by atoms with Crippen LogP contribution < -0.4 is 10.6 Å². The Morgan fingerprint density at radius 1 is 1.11 bits per heavy atom. The van der Waals surface area contributed by atoms with Gasteiger partial charge in [0.2, 0.25) is 11.8 Å². The lowest BCUT2D eigenvalue weighted by atomic mass is 10.1. The number of nitrogens with one attached hydrogen (secondary N) is 2. The van der Waals surface area contributed by atoms with Crippen LogP contribution in [-0.2, 0) is 16.1 Å². The lowest BCUT2D eigenvalue weighted by molar-refractivity contribution is -0.119. The summed E-state index contributed by atoms with van der Waals surface area (Å²) in [7, 11) is 0. The molecule has 2 aromatic carbocycles. The van der Waals surface area contributed by atoms with Crippen molar-refractivity contribution in [3.8, 4) is 11.3 Å². The monoisotopic (exact) mass is 395 g/mol. The largest absolute Gasteiger partial charge is 0.352 e. The van der Waals surface area contributed by atoms with Gasteiger partial charge in [0, 0.05) is 30.5 Å². The van der Waals surface area contributed by atoms with Crippen LogP contribution in [0, 0.1) is 5.82 Å². The highest BCUT2D eigenvalue weighted by Crippen LogP contribution is 2.25. The van der Waals surface area contributed by atoms with Crippen molar-refractivity contribution >= 4 is 34.4 Å². The molecular weight excluding hydrogens is 377 g/mol. The quantitative estimate of drug-likeness (QED) is 0.614. The van der Waals surface area contributed by atoms with Crippen molar-refractivity contribution in [2.75, 3.05) is 5.32 Å². The molecule has 0 saturated heterocycles. The Morgan fingerprint density at radius 3 is 2.50 bits per heavy atom. The lowest BCUT2D eigenvalue weighted by Gasteiger charge is -2.03. The lowest BCUT2D eigenvalue weighted by Crippen LogP contribution is -2.18. The van der Waals surface area contributed by atoms with Crippen LogP contribution in [0.3, 0.4) is 0 Å². The molecule has 0 aliphatic carbocycles. The van der Waals surface area contributed by atoms with Gasteiger partial charge in [-0.2, -0.15) is 0 Å². The van der Waals surface area contributed by atoms with Gasteiger partial charge in [0.15, 0.2) is 5.13 Å². The van der Waals surface area contributed by atoms with Gasteiger partial charge >= 0.3 is 0 Å². The molecule has 5 nitrogen and oxygen atoms in total. The zero-order chi connectivity index (χ0) is 19.9. The highest BCUT2D eigenvalue weighted by Gasteiger charge is 2.07. The van der Waals surface area contributed by atoms with Crippen LogP contribution in [-0.4, -0.2) is 16.8 Å². The second-order valence-corrected chi connectivity index (χ2v) is 6.88. The number of carbonyl (C=O) groups excluding carboxylic acids is 2. The molecule has 142 valence electrons. The fourth-order valence-corrected chi connectivity index (χ4v) is 3.10. The normalized spacial score (nSPS) is 10.8. The van der Waals surface area contributed by atoms with Crippen molar-refractivity contribution in [2.24, 2.45) is 0 Å². The van der Waals surface area contributed by atoms with E-state index in [4.69, 9.17) is 0 Å². The SMILES string of the molecule is CC(=O)NCc1ccc(-c2csc(NC(=O)/C=C/c3ccc(F)cc3)n2)cc1. The summed E-state index contributed by atoms with van der Waals surface area (Å²) in [5.74, 6) is -0.701. The van der Waals surface area contributed by atoms with Crippen molar-refractivity contribution in [3.05, 3.63) is 76.9 Å². The molecule has 0 bridgehead atoms. The molecule has 1 heterocycles. The molecular formula is C21H18FN3O2S. The van der Waals surface area contributed by atoms with Gasteiger partial charge in [-0.1, -0.05) is 36.4 Å². The third-order valence-electron chi connectivity index (χ3n) is 3.82. The van der Waals surface area contributed by atoms with Gasteiger partial charge in [0.25, 0.3) is 0 Å². The van der Waals surface area contributed by atoms with Gasteiger partial charge in [-0.05, 0) is 29.3 Å². The maximum atomic E-state index is 12.9. The summed E-state index contributed by atoms with van der Waals surface area (Å²) in [6.45, 7) is 1.96. The maximum absolute atomic E-state index is 12.9. The molecule has 3 aromatic rings. The van der Waals surface area contributed by atoms with Crippen LogP contribution in [0.5, 0.6) is 0 Å². The predicted molar refractivity (Wildman–Crippen MR) is 109 cm³/mol. The molecule has 28 heavy (non-hydrogen) atoms. The molecule has 2 N–H and O–H groups in total. The van der Waals surface area contributed by atoms with Crippen LogP contribution >= 0.6 is 11.3 Å². The first-order valence-corrected chi connectivity index (χ1v) is 9.41. The van der Waals surface area contributed by atoms with Crippen LogP contribution in [0.25, 0.3) is 17.3 Å². The number of nitrogens with zero attached hydrogens (tertiary/aromatic N) is 1. The first-order valence-electron chi connectivity index (χ1n) is 8.53. The number of hydrogen-bond donors (Lipinski definition) is 2. The van der Waals surface area contributed by atoms with Gasteiger partial charge in [0.05, 0.1) is 5.69 Å². The van der Waals surface area contributed by atoms with Crippen molar-refractivity contribution in [1.82, 2.24) is 10.3 Å². The third kappa shape index (κ3) is 5.59. The summed E-state index contributed by atoms with van der Waals surface area (Å²) in [4.78, 5) is 27.4. The molecule has 7 heteroatoms. The highest BCUT2D eigenvalue weighted by molar-refractivity contribution is 7.14. The summed E-state index contributed by atoms with van der Waals surface area (Å²) in [5.41, 5.74) is 3.41. The van der Waals surface area contributed by atoms with Gasteiger partial charge in [0.1, 0.15) is 5.82 Å². The third-order valence-corrected chi connectivity index (χ3v) is 4.58. The van der Waals surface area contributed by atoms with Crippen molar-refractivity contribution in [3.63, 3.8) is 0 Å². The van der Waals surface area contributed by atoms with E-state index in [1.54, 1.807) is 18.2 Å². The molecule has 0 unspecified atom stereocenters. The highest BCUT2D eigenvalue weighted by atomic mass is 32.1. The standard InChI is InChI=1S/C21H18FN3O2S/c1-14(26)23-12-16-2-7-17(8-3-16)19-13-28-21(24-19)25-20(27)11-6-15-4-9-18(22)10-5-15/h2-11,13H,12H2,1H3,(H,23,26)(H,24,25,27)/b11-6+. The summed E-state index contributed by atoms with van der Waals surface area (Å²) >= 11 is 1.33. The molecule has 2 amide bonds. The van der Waals surface area contributed by atoms with Gasteiger partial charge in [-0.3, -0.25) is 14.9 Å². The number of anilines is 1. The molecule has 0 aliphatic heterocycles. The first kappa shape index (κ1) is 19.4. The summed E-state index contributed by atoms with van der Waals surface area (Å²) < 4.78 is 12.9. The van der Waals surface area contributed by atoms with E-state index >= 15 is 0 Å². The Labute approximate surface area is 165 Å². The molecule has 0 aliphatic rings. The molecule has 0 spiro atoms. The van der Waals surface area contributed by atoms with Crippen LogP contribution in [0.1, 0.15) is 18.1 Å². The average Bonchev–Trinajstić information content (AvgIpc) is 3.14. The fourth-order valence-electron chi connectivity index (χ4n) is 2.38. The van der Waals surface area contributed by atoms with Gasteiger partial charge < -0.3 is 5.32 Å². The first-order chi connectivity index (χ1) is 13.5. The van der Waals surface area contributed by atoms with Crippen molar-refractivity contribution in [2.45, 2.75) is 13.5 Å². The Kier molecular flexibility index (Phi) is 6.29. The topological polar surface area (TPSA) is 71.1 Å². The molecule has 0 radical (unpaired) electrons. The van der Waals surface area contributed by atoms with Crippen LogP contribution in [0.4, 0.5) is 9.52 Å². The molecule has 0 fully saturated rings. The Morgan fingerprint density at radius 2 is 1.82 bits per heavy atom. The fraction of sp³-hybridized carbons (Fsp3) is 0.0952. The maximum Gasteiger partial charge on any atom is 0.250 e. The van der Waals surface area contributed by atoms with E-state index in [1.165, 1.54) is 36.5 Å². The molecule has 1 aromatic heterocycles. The second kappa shape index (κ2) is 9.05. The number of benzene rings is 2. The Hall–Kier alpha value is -3.32. The van der Waals surface area contributed by atoms with E-state index in [1.807, 2.05) is 29.6 Å². The van der Waals surface area contributed by atoms with E-state index in [2.05, 4.69) is 15.6 Å². The van der Waals surface area contributed by atoms with E-state index in [0.717, 1.165) is 22.4 Å². The summed E-state index contributed by atoms with van der Waals surface area (Å²) in [6.07, 6.45) is 2.99. The van der Waals surface area contributed by atoms with E-state index < -0.39 is 0 Å². The second-order valence-electron chi connectivity index (χ2n) is 6.02. The minimum atomic E-state index is -0.319. The molecule has 0 saturated carbocycles. The van der Waals surface area contributed by atoms with Crippen molar-refractivity contribution < 1.29 is 14.0 Å². The zero-order valence-corrected chi connectivity index (χ0v) is 15.9. The number of aromatic nitrogens is 1. The summed E-state index contributed by atoms with van der Waals surface area (Å²) in [6, 6.07) is 13.6. The zero-order valence-electron chi connectivity index (χ0n) is 15.1. The Balaban J connectivity index is 1.59. The predicted octanol–water partition coefficient (Wildman–Crippen LogP) is 4.24. The average molecular weight is 395 g/mol. The Bertz CT molecular complexity index is 995.